The first-order chi connectivity index (χ1) is 12.1. The van der Waals surface area contributed by atoms with Crippen molar-refractivity contribution in [1.29, 1.82) is 0 Å². The van der Waals surface area contributed by atoms with E-state index in [0.29, 0.717) is 25.7 Å². The maximum absolute atomic E-state index is 12.6. The molecule has 0 spiro atoms. The second-order valence-electron chi connectivity index (χ2n) is 7.06. The molecule has 1 unspecified atom stereocenters. The van der Waals surface area contributed by atoms with Gasteiger partial charge in [-0.2, -0.15) is 13.2 Å². The topological polar surface area (TPSA) is 89.9 Å². The number of nitrogens with two attached hydrogens (primary N) is 1. The summed E-state index contributed by atoms with van der Waals surface area (Å²) in [6, 6.07) is 2.09. The molecule has 1 atom stereocenters. The second-order valence-corrected chi connectivity index (χ2v) is 7.06. The zero-order valence-electron chi connectivity index (χ0n) is 14.4. The van der Waals surface area contributed by atoms with Gasteiger partial charge in [-0.25, -0.2) is 9.67 Å². The van der Waals surface area contributed by atoms with Crippen LogP contribution in [0.2, 0.25) is 0 Å². The van der Waals surface area contributed by atoms with Crippen LogP contribution in [0, 0.1) is 5.41 Å². The number of carbonyl (C=O) groups excluding carboxylic acids is 1. The zero-order chi connectivity index (χ0) is 19.1. The summed E-state index contributed by atoms with van der Waals surface area (Å²) in [5, 5.41) is 7.63. The Labute approximate surface area is 148 Å². The van der Waals surface area contributed by atoms with Gasteiger partial charge in [-0.05, 0) is 24.0 Å². The van der Waals surface area contributed by atoms with E-state index in [1.54, 1.807) is 4.90 Å². The Morgan fingerprint density at radius 1 is 1.35 bits per heavy atom. The van der Waals surface area contributed by atoms with Crippen LogP contribution >= 0.6 is 0 Å². The maximum Gasteiger partial charge on any atom is 0.417 e. The summed E-state index contributed by atoms with van der Waals surface area (Å²) in [6.07, 6.45) is -1.70. The predicted octanol–water partition coefficient (Wildman–Crippen LogP) is 1.88. The molecule has 140 valence electrons. The van der Waals surface area contributed by atoms with Crippen LogP contribution in [-0.2, 0) is 6.18 Å². The minimum atomic E-state index is -4.46. The van der Waals surface area contributed by atoms with Gasteiger partial charge in [-0.3, -0.25) is 4.79 Å². The molecule has 26 heavy (non-hydrogen) atoms. The molecule has 7 nitrogen and oxygen atoms in total. The lowest BCUT2D eigenvalue weighted by atomic mass is 9.79. The fraction of sp³-hybridized carbons (Fsp3) is 0.500. The van der Waals surface area contributed by atoms with E-state index in [1.807, 2.05) is 13.8 Å². The number of aromatic nitrogens is 4. The first kappa shape index (κ1) is 18.3. The van der Waals surface area contributed by atoms with Crippen LogP contribution in [0.1, 0.15) is 36.3 Å². The number of carbonyl (C=O) groups is 1. The SMILES string of the molecule is CC1(C)CN(C(=O)c2cn(-c3ccc(C(F)(F)F)cn3)nn2)CCC1N. The van der Waals surface area contributed by atoms with Crippen LogP contribution in [0.25, 0.3) is 5.82 Å². The second kappa shape index (κ2) is 6.35. The lowest BCUT2D eigenvalue weighted by Crippen LogP contribution is -2.54. The smallest absolute Gasteiger partial charge is 0.337 e. The molecule has 2 N–H and O–H groups in total. The lowest BCUT2D eigenvalue weighted by molar-refractivity contribution is -0.137. The number of halogens is 3. The quantitative estimate of drug-likeness (QED) is 0.874. The van der Waals surface area contributed by atoms with Gasteiger partial charge in [-0.1, -0.05) is 19.1 Å². The monoisotopic (exact) mass is 368 g/mol. The van der Waals surface area contributed by atoms with Crippen molar-refractivity contribution in [3.05, 3.63) is 35.8 Å². The number of amides is 1. The van der Waals surface area contributed by atoms with E-state index in [4.69, 9.17) is 5.73 Å². The summed E-state index contributed by atoms with van der Waals surface area (Å²) in [5.74, 6) is -0.145. The number of hydrogen-bond acceptors (Lipinski definition) is 5. The van der Waals surface area contributed by atoms with Crippen molar-refractivity contribution in [2.75, 3.05) is 13.1 Å². The van der Waals surface area contributed by atoms with Gasteiger partial charge in [0.05, 0.1) is 11.8 Å². The van der Waals surface area contributed by atoms with Gasteiger partial charge in [0.2, 0.25) is 0 Å². The summed E-state index contributed by atoms with van der Waals surface area (Å²) in [7, 11) is 0. The fourth-order valence-electron chi connectivity index (χ4n) is 2.87. The number of alkyl halides is 3. The Morgan fingerprint density at radius 2 is 2.08 bits per heavy atom. The lowest BCUT2D eigenvalue weighted by Gasteiger charge is -2.42. The Bertz CT molecular complexity index is 799. The molecule has 0 aliphatic carbocycles. The fourth-order valence-corrected chi connectivity index (χ4v) is 2.87. The predicted molar refractivity (Wildman–Crippen MR) is 86.4 cm³/mol. The number of piperidine rings is 1. The molecule has 0 bridgehead atoms. The van der Waals surface area contributed by atoms with Gasteiger partial charge >= 0.3 is 6.18 Å². The van der Waals surface area contributed by atoms with Gasteiger partial charge in [0, 0.05) is 25.3 Å². The van der Waals surface area contributed by atoms with Crippen molar-refractivity contribution in [2.24, 2.45) is 11.1 Å². The van der Waals surface area contributed by atoms with Crippen LogP contribution in [0.15, 0.2) is 24.5 Å². The highest BCUT2D eigenvalue weighted by molar-refractivity contribution is 5.92. The van der Waals surface area contributed by atoms with E-state index >= 15 is 0 Å². The maximum atomic E-state index is 12.6. The molecular weight excluding hydrogens is 349 g/mol. The summed E-state index contributed by atoms with van der Waals surface area (Å²) in [5.41, 5.74) is 5.12. The van der Waals surface area contributed by atoms with Crippen LogP contribution in [-0.4, -0.2) is 49.9 Å². The van der Waals surface area contributed by atoms with E-state index in [9.17, 15) is 18.0 Å². The molecule has 1 saturated heterocycles. The number of nitrogens with zero attached hydrogens (tertiary/aromatic N) is 5. The van der Waals surface area contributed by atoms with Crippen LogP contribution in [0.4, 0.5) is 13.2 Å². The highest BCUT2D eigenvalue weighted by Crippen LogP contribution is 2.29. The van der Waals surface area contributed by atoms with Crippen molar-refractivity contribution >= 4 is 5.91 Å². The molecule has 2 aromatic rings. The van der Waals surface area contributed by atoms with Crippen LogP contribution < -0.4 is 5.73 Å². The third-order valence-corrected chi connectivity index (χ3v) is 4.62. The average molecular weight is 368 g/mol. The number of rotatable bonds is 2. The Hall–Kier alpha value is -2.49. The molecule has 1 fully saturated rings. The Morgan fingerprint density at radius 3 is 2.65 bits per heavy atom. The van der Waals surface area contributed by atoms with Gasteiger partial charge in [0.15, 0.2) is 11.5 Å². The summed E-state index contributed by atoms with van der Waals surface area (Å²) in [6.45, 7) is 5.02. The summed E-state index contributed by atoms with van der Waals surface area (Å²) < 4.78 is 39.0. The average Bonchev–Trinajstić information content (AvgIpc) is 3.06. The van der Waals surface area contributed by atoms with Gasteiger partial charge in [0.1, 0.15) is 0 Å². The standard InChI is InChI=1S/C16H19F3N6O/c1-15(2)9-24(6-5-12(15)20)14(26)11-8-25(23-22-11)13-4-3-10(7-21-13)16(17,18)19/h3-4,7-8,12H,5-6,9,20H2,1-2H3. The van der Waals surface area contributed by atoms with Crippen LogP contribution in [0.5, 0.6) is 0 Å². The van der Waals surface area contributed by atoms with Gasteiger partial charge in [-0.15, -0.1) is 5.10 Å². The molecule has 0 aromatic carbocycles. The number of likely N-dealkylation sites (tertiary alicyclic amines) is 1. The van der Waals surface area contributed by atoms with E-state index in [-0.39, 0.29) is 28.9 Å². The third kappa shape index (κ3) is 3.55. The van der Waals surface area contributed by atoms with E-state index < -0.39 is 11.7 Å². The summed E-state index contributed by atoms with van der Waals surface area (Å²) in [4.78, 5) is 18.0. The van der Waals surface area contributed by atoms with Crippen molar-refractivity contribution < 1.29 is 18.0 Å². The molecule has 1 amide bonds. The van der Waals surface area contributed by atoms with Crippen molar-refractivity contribution in [3.63, 3.8) is 0 Å². The number of hydrogen-bond donors (Lipinski definition) is 1. The number of pyridine rings is 1. The highest BCUT2D eigenvalue weighted by Gasteiger charge is 2.36. The minimum absolute atomic E-state index is 0.0126. The van der Waals surface area contributed by atoms with Crippen molar-refractivity contribution in [2.45, 2.75) is 32.5 Å². The Balaban J connectivity index is 1.76. The molecule has 2 aromatic heterocycles. The molecule has 3 rings (SSSR count). The Kier molecular flexibility index (Phi) is 4.47. The molecular formula is C16H19F3N6O. The molecule has 0 radical (unpaired) electrons. The van der Waals surface area contributed by atoms with Gasteiger partial charge in [0.25, 0.3) is 5.91 Å². The molecule has 1 aliphatic rings. The normalized spacial score (nSPS) is 20.2. The first-order valence-corrected chi connectivity index (χ1v) is 8.09. The molecule has 3 heterocycles. The molecule has 1 aliphatic heterocycles. The highest BCUT2D eigenvalue weighted by atomic mass is 19.4. The van der Waals surface area contributed by atoms with Crippen molar-refractivity contribution in [3.8, 4) is 5.82 Å². The molecule has 10 heteroatoms. The van der Waals surface area contributed by atoms with Gasteiger partial charge < -0.3 is 10.6 Å². The van der Waals surface area contributed by atoms with E-state index in [0.717, 1.165) is 6.07 Å². The van der Waals surface area contributed by atoms with E-state index in [2.05, 4.69) is 15.3 Å². The first-order valence-electron chi connectivity index (χ1n) is 8.09. The zero-order valence-corrected chi connectivity index (χ0v) is 14.4. The summed E-state index contributed by atoms with van der Waals surface area (Å²) >= 11 is 0. The minimum Gasteiger partial charge on any atom is -0.337 e. The van der Waals surface area contributed by atoms with Crippen LogP contribution in [0.3, 0.4) is 0 Å². The molecule has 0 saturated carbocycles. The van der Waals surface area contributed by atoms with Crippen molar-refractivity contribution in [1.82, 2.24) is 24.9 Å². The largest absolute Gasteiger partial charge is 0.417 e. The van der Waals surface area contributed by atoms with E-state index in [1.165, 1.54) is 16.9 Å². The third-order valence-electron chi connectivity index (χ3n) is 4.62.